The molecule has 3 heterocycles. The van der Waals surface area contributed by atoms with Crippen LogP contribution in [-0.4, -0.2) is 56.3 Å². The van der Waals surface area contributed by atoms with Gasteiger partial charge in [0.05, 0.1) is 12.1 Å². The average molecular weight is 379 g/mol. The van der Waals surface area contributed by atoms with E-state index < -0.39 is 0 Å². The molecule has 2 aliphatic rings. The van der Waals surface area contributed by atoms with Crippen LogP contribution in [0.4, 0.5) is 0 Å². The fourth-order valence-corrected chi connectivity index (χ4v) is 5.14. The number of likely N-dealkylation sites (tertiary alicyclic amines) is 1. The van der Waals surface area contributed by atoms with Gasteiger partial charge in [0.25, 0.3) is 0 Å². The first-order valence-corrected chi connectivity index (χ1v) is 10.9. The third-order valence-electron chi connectivity index (χ3n) is 5.59. The second kappa shape index (κ2) is 9.20. The molecular formula is C20H34N4OS. The summed E-state index contributed by atoms with van der Waals surface area (Å²) >= 11 is 1.88. The Hall–Kier alpha value is -1.11. The van der Waals surface area contributed by atoms with Gasteiger partial charge in [-0.1, -0.05) is 6.07 Å². The summed E-state index contributed by atoms with van der Waals surface area (Å²) < 4.78 is 5.88. The van der Waals surface area contributed by atoms with Crippen molar-refractivity contribution in [2.24, 2.45) is 10.9 Å². The molecule has 3 unspecified atom stereocenters. The number of rotatable bonds is 6. The molecule has 2 saturated heterocycles. The predicted octanol–water partition coefficient (Wildman–Crippen LogP) is 3.26. The molecule has 2 N–H and O–H groups in total. The summed E-state index contributed by atoms with van der Waals surface area (Å²) in [4.78, 5) is 8.81. The Labute approximate surface area is 162 Å². The maximum Gasteiger partial charge on any atom is 0.191 e. The van der Waals surface area contributed by atoms with Crippen LogP contribution < -0.4 is 10.6 Å². The number of nitrogens with one attached hydrogen (secondary N) is 2. The molecule has 2 aliphatic heterocycles. The van der Waals surface area contributed by atoms with E-state index in [1.807, 2.05) is 11.3 Å². The van der Waals surface area contributed by atoms with Crippen molar-refractivity contribution in [3.8, 4) is 0 Å². The molecule has 146 valence electrons. The smallest absolute Gasteiger partial charge is 0.191 e. The van der Waals surface area contributed by atoms with Gasteiger partial charge in [0.2, 0.25) is 0 Å². The molecule has 1 aromatic heterocycles. The molecule has 3 rings (SSSR count). The van der Waals surface area contributed by atoms with Gasteiger partial charge in [-0.15, -0.1) is 11.3 Å². The first-order chi connectivity index (χ1) is 12.6. The fourth-order valence-electron chi connectivity index (χ4n) is 4.16. The van der Waals surface area contributed by atoms with E-state index in [0.717, 1.165) is 45.0 Å². The van der Waals surface area contributed by atoms with Crippen LogP contribution in [0.5, 0.6) is 0 Å². The van der Waals surface area contributed by atoms with E-state index in [9.17, 15) is 0 Å². The SMILES string of the molecule is CCNC(=NCC1(C)CCCO1)NCC1CCCN(C)C1c1cccs1. The molecule has 3 atom stereocenters. The molecule has 1 aromatic rings. The van der Waals surface area contributed by atoms with E-state index in [-0.39, 0.29) is 5.60 Å². The van der Waals surface area contributed by atoms with Crippen LogP contribution in [0.2, 0.25) is 0 Å². The maximum atomic E-state index is 5.88. The molecule has 0 spiro atoms. The Morgan fingerprint density at radius 2 is 2.31 bits per heavy atom. The van der Waals surface area contributed by atoms with Gasteiger partial charge in [-0.3, -0.25) is 9.89 Å². The average Bonchev–Trinajstić information content (AvgIpc) is 3.30. The quantitative estimate of drug-likeness (QED) is 0.589. The van der Waals surface area contributed by atoms with Crippen LogP contribution in [0.3, 0.4) is 0 Å². The summed E-state index contributed by atoms with van der Waals surface area (Å²) in [6.07, 6.45) is 4.78. The van der Waals surface area contributed by atoms with Crippen molar-refractivity contribution in [1.29, 1.82) is 0 Å². The number of hydrogen-bond acceptors (Lipinski definition) is 4. The highest BCUT2D eigenvalue weighted by molar-refractivity contribution is 7.10. The standard InChI is InChI=1S/C20H34N4OS/c1-4-21-19(23-15-20(2)10-7-12-25-20)22-14-16-8-5-11-24(3)18(16)17-9-6-13-26-17/h6,9,13,16,18H,4-5,7-8,10-12,14-15H2,1-3H3,(H2,21,22,23). The summed E-state index contributed by atoms with van der Waals surface area (Å²) in [7, 11) is 2.26. The highest BCUT2D eigenvalue weighted by Gasteiger charge is 2.32. The normalized spacial score (nSPS) is 30.5. The van der Waals surface area contributed by atoms with E-state index in [1.165, 1.54) is 24.3 Å². The van der Waals surface area contributed by atoms with Crippen LogP contribution in [0, 0.1) is 5.92 Å². The van der Waals surface area contributed by atoms with Crippen molar-refractivity contribution in [3.63, 3.8) is 0 Å². The van der Waals surface area contributed by atoms with E-state index >= 15 is 0 Å². The van der Waals surface area contributed by atoms with Crippen LogP contribution >= 0.6 is 11.3 Å². The minimum Gasteiger partial charge on any atom is -0.373 e. The Morgan fingerprint density at radius 3 is 3.00 bits per heavy atom. The zero-order chi connectivity index (χ0) is 18.4. The van der Waals surface area contributed by atoms with Gasteiger partial charge in [0.1, 0.15) is 0 Å². The van der Waals surface area contributed by atoms with Crippen LogP contribution in [-0.2, 0) is 4.74 Å². The summed E-state index contributed by atoms with van der Waals surface area (Å²) in [5, 5.41) is 9.19. The highest BCUT2D eigenvalue weighted by atomic mass is 32.1. The number of thiophene rings is 1. The van der Waals surface area contributed by atoms with Crippen molar-refractivity contribution in [1.82, 2.24) is 15.5 Å². The lowest BCUT2D eigenvalue weighted by atomic mass is 9.88. The van der Waals surface area contributed by atoms with Crippen LogP contribution in [0.15, 0.2) is 22.5 Å². The Kier molecular flexibility index (Phi) is 6.95. The first kappa shape index (κ1) is 19.6. The van der Waals surface area contributed by atoms with Crippen LogP contribution in [0.25, 0.3) is 0 Å². The second-order valence-corrected chi connectivity index (χ2v) is 8.80. The lowest BCUT2D eigenvalue weighted by molar-refractivity contribution is 0.0283. The molecular weight excluding hydrogens is 344 g/mol. The molecule has 0 bridgehead atoms. The summed E-state index contributed by atoms with van der Waals surface area (Å²) in [6, 6.07) is 4.96. The minimum absolute atomic E-state index is 0.0904. The number of piperidine rings is 1. The van der Waals surface area contributed by atoms with Crippen molar-refractivity contribution in [3.05, 3.63) is 22.4 Å². The summed E-state index contributed by atoms with van der Waals surface area (Å²) in [5.74, 6) is 1.52. The van der Waals surface area contributed by atoms with Gasteiger partial charge >= 0.3 is 0 Å². The summed E-state index contributed by atoms with van der Waals surface area (Å²) in [6.45, 7) is 8.90. The molecule has 6 heteroatoms. The van der Waals surface area contributed by atoms with Crippen molar-refractivity contribution < 1.29 is 4.74 Å². The molecule has 0 saturated carbocycles. The topological polar surface area (TPSA) is 48.9 Å². The predicted molar refractivity (Wildman–Crippen MR) is 110 cm³/mol. The zero-order valence-electron chi connectivity index (χ0n) is 16.5. The fraction of sp³-hybridized carbons (Fsp3) is 0.750. The third kappa shape index (κ3) is 4.99. The Morgan fingerprint density at radius 1 is 1.42 bits per heavy atom. The molecule has 0 radical (unpaired) electrons. The monoisotopic (exact) mass is 378 g/mol. The number of nitrogens with zero attached hydrogens (tertiary/aromatic N) is 2. The van der Waals surface area contributed by atoms with Crippen molar-refractivity contribution in [2.45, 2.75) is 51.2 Å². The zero-order valence-corrected chi connectivity index (χ0v) is 17.3. The van der Waals surface area contributed by atoms with Gasteiger partial charge in [-0.25, -0.2) is 0 Å². The number of ether oxygens (including phenoxy) is 1. The van der Waals surface area contributed by atoms with Gasteiger partial charge in [0.15, 0.2) is 5.96 Å². The van der Waals surface area contributed by atoms with Gasteiger partial charge in [-0.2, -0.15) is 0 Å². The minimum atomic E-state index is -0.0904. The number of hydrogen-bond donors (Lipinski definition) is 2. The van der Waals surface area contributed by atoms with Gasteiger partial charge in [0, 0.05) is 30.6 Å². The molecule has 0 amide bonds. The number of guanidine groups is 1. The lowest BCUT2D eigenvalue weighted by Crippen LogP contribution is -2.45. The van der Waals surface area contributed by atoms with Crippen LogP contribution in [0.1, 0.15) is 50.4 Å². The lowest BCUT2D eigenvalue weighted by Gasteiger charge is -2.39. The Bertz CT molecular complexity index is 568. The maximum absolute atomic E-state index is 5.88. The van der Waals surface area contributed by atoms with Gasteiger partial charge in [-0.05, 0) is 70.5 Å². The molecule has 26 heavy (non-hydrogen) atoms. The second-order valence-electron chi connectivity index (χ2n) is 7.82. The van der Waals surface area contributed by atoms with Crippen molar-refractivity contribution >= 4 is 17.3 Å². The van der Waals surface area contributed by atoms with Gasteiger partial charge < -0.3 is 15.4 Å². The Balaban J connectivity index is 1.61. The summed E-state index contributed by atoms with van der Waals surface area (Å²) in [5.41, 5.74) is -0.0904. The van der Waals surface area contributed by atoms with E-state index in [1.54, 1.807) is 0 Å². The first-order valence-electron chi connectivity index (χ1n) is 10.0. The van der Waals surface area contributed by atoms with E-state index in [2.05, 4.69) is 53.9 Å². The largest absolute Gasteiger partial charge is 0.373 e. The highest BCUT2D eigenvalue weighted by Crippen LogP contribution is 2.36. The number of aliphatic imine (C=N–C) groups is 1. The molecule has 0 aromatic carbocycles. The van der Waals surface area contributed by atoms with Crippen molar-refractivity contribution in [2.75, 3.05) is 39.8 Å². The molecule has 0 aliphatic carbocycles. The third-order valence-corrected chi connectivity index (χ3v) is 6.53. The van der Waals surface area contributed by atoms with E-state index in [4.69, 9.17) is 9.73 Å². The van der Waals surface area contributed by atoms with E-state index in [0.29, 0.717) is 12.0 Å². The molecule has 5 nitrogen and oxygen atoms in total. The molecule has 2 fully saturated rings.